The summed E-state index contributed by atoms with van der Waals surface area (Å²) in [7, 11) is 0. The van der Waals surface area contributed by atoms with Crippen molar-refractivity contribution < 1.29 is 18.7 Å². The Kier molecular flexibility index (Phi) is 6.84. The highest BCUT2D eigenvalue weighted by Crippen LogP contribution is 2.23. The minimum atomic E-state index is -0.370. The summed E-state index contributed by atoms with van der Waals surface area (Å²) in [6.45, 7) is 5.95. The zero-order valence-electron chi connectivity index (χ0n) is 19.1. The van der Waals surface area contributed by atoms with Crippen LogP contribution >= 0.6 is 11.6 Å². The van der Waals surface area contributed by atoms with Crippen LogP contribution in [-0.2, 0) is 13.2 Å². The maximum absolute atomic E-state index is 12.8. The Bertz CT molecular complexity index is 1340. The highest BCUT2D eigenvalue weighted by molar-refractivity contribution is 6.30. The lowest BCUT2D eigenvalue weighted by atomic mass is 10.1. The van der Waals surface area contributed by atoms with Gasteiger partial charge >= 0.3 is 0 Å². The van der Waals surface area contributed by atoms with Gasteiger partial charge in [-0.3, -0.25) is 14.3 Å². The number of ether oxygens (including phenoxy) is 1. The number of furan rings is 1. The second-order valence-electron chi connectivity index (χ2n) is 7.92. The van der Waals surface area contributed by atoms with Crippen LogP contribution in [0.25, 0.3) is 0 Å². The number of anilines is 1. The first-order chi connectivity index (χ1) is 16.3. The third-order valence-corrected chi connectivity index (χ3v) is 5.60. The SMILES string of the molecule is CC(=O)c1ccc(OCc2ccc(C(=O)Nc3c(C)nn(Cc4cccc(Cl)c4)c3C)o2)cc1. The molecule has 4 rings (SSSR count). The molecular formula is C26H24ClN3O4. The Morgan fingerprint density at radius 3 is 2.56 bits per heavy atom. The summed E-state index contributed by atoms with van der Waals surface area (Å²) >= 11 is 6.08. The molecule has 0 aliphatic rings. The van der Waals surface area contributed by atoms with Gasteiger partial charge in [-0.15, -0.1) is 0 Å². The number of hydrogen-bond acceptors (Lipinski definition) is 5. The average Bonchev–Trinajstić information content (AvgIpc) is 3.38. The molecule has 8 heteroatoms. The largest absolute Gasteiger partial charge is 0.486 e. The quantitative estimate of drug-likeness (QED) is 0.323. The van der Waals surface area contributed by atoms with E-state index in [0.717, 1.165) is 11.3 Å². The van der Waals surface area contributed by atoms with Crippen LogP contribution in [0.3, 0.4) is 0 Å². The Morgan fingerprint density at radius 1 is 1.09 bits per heavy atom. The van der Waals surface area contributed by atoms with Crippen molar-refractivity contribution in [2.45, 2.75) is 33.9 Å². The molecule has 0 saturated carbocycles. The van der Waals surface area contributed by atoms with Gasteiger partial charge in [-0.1, -0.05) is 23.7 Å². The van der Waals surface area contributed by atoms with Gasteiger partial charge in [-0.2, -0.15) is 5.10 Å². The minimum absolute atomic E-state index is 0.00582. The van der Waals surface area contributed by atoms with Crippen molar-refractivity contribution in [2.24, 2.45) is 0 Å². The van der Waals surface area contributed by atoms with Crippen LogP contribution < -0.4 is 10.1 Å². The lowest BCUT2D eigenvalue weighted by Gasteiger charge is -2.07. The van der Waals surface area contributed by atoms with Crippen LogP contribution in [-0.4, -0.2) is 21.5 Å². The van der Waals surface area contributed by atoms with E-state index in [9.17, 15) is 9.59 Å². The third kappa shape index (κ3) is 5.38. The van der Waals surface area contributed by atoms with Crippen molar-refractivity contribution in [3.05, 3.63) is 99.7 Å². The maximum Gasteiger partial charge on any atom is 0.291 e. The van der Waals surface area contributed by atoms with Crippen LogP contribution in [0.1, 0.15) is 50.5 Å². The van der Waals surface area contributed by atoms with Gasteiger partial charge in [-0.05, 0) is 74.9 Å². The van der Waals surface area contributed by atoms with E-state index in [4.69, 9.17) is 20.8 Å². The molecule has 174 valence electrons. The molecule has 1 N–H and O–H groups in total. The van der Waals surface area contributed by atoms with Crippen molar-refractivity contribution in [3.63, 3.8) is 0 Å². The van der Waals surface area contributed by atoms with Crippen LogP contribution in [0.4, 0.5) is 5.69 Å². The lowest BCUT2D eigenvalue weighted by molar-refractivity contribution is 0.0990. The molecule has 0 unspecified atom stereocenters. The summed E-state index contributed by atoms with van der Waals surface area (Å²) < 4.78 is 13.2. The summed E-state index contributed by atoms with van der Waals surface area (Å²) in [4.78, 5) is 24.2. The van der Waals surface area contributed by atoms with Crippen LogP contribution in [0.5, 0.6) is 5.75 Å². The topological polar surface area (TPSA) is 86.4 Å². The first kappa shape index (κ1) is 23.3. The van der Waals surface area contributed by atoms with E-state index in [1.54, 1.807) is 36.4 Å². The van der Waals surface area contributed by atoms with Gasteiger partial charge in [0.1, 0.15) is 18.1 Å². The van der Waals surface area contributed by atoms with Crippen molar-refractivity contribution in [2.75, 3.05) is 5.32 Å². The molecule has 1 amide bonds. The molecule has 7 nitrogen and oxygen atoms in total. The van der Waals surface area contributed by atoms with E-state index in [0.29, 0.717) is 40.0 Å². The van der Waals surface area contributed by atoms with Crippen molar-refractivity contribution in [1.82, 2.24) is 9.78 Å². The predicted molar refractivity (Wildman–Crippen MR) is 130 cm³/mol. The number of carbonyl (C=O) groups excluding carboxylic acids is 2. The number of hydrogen-bond donors (Lipinski definition) is 1. The average molecular weight is 478 g/mol. The molecule has 0 aliphatic carbocycles. The standard InChI is InChI=1S/C26H24ClN3O4/c1-16-25(17(2)30(29-16)14-19-5-4-6-21(27)13-19)28-26(32)24-12-11-23(34-24)15-33-22-9-7-20(8-10-22)18(3)31/h4-13H,14-15H2,1-3H3,(H,28,32). The Hall–Kier alpha value is -3.84. The highest BCUT2D eigenvalue weighted by Gasteiger charge is 2.18. The van der Waals surface area contributed by atoms with Gasteiger partial charge in [0.15, 0.2) is 11.5 Å². The number of rotatable bonds is 8. The van der Waals surface area contributed by atoms with E-state index < -0.39 is 0 Å². The molecule has 0 fully saturated rings. The second-order valence-corrected chi connectivity index (χ2v) is 8.36. The fraction of sp³-hybridized carbons (Fsp3) is 0.192. The number of nitrogens with one attached hydrogen (secondary N) is 1. The monoisotopic (exact) mass is 477 g/mol. The lowest BCUT2D eigenvalue weighted by Crippen LogP contribution is -2.12. The van der Waals surface area contributed by atoms with Crippen LogP contribution in [0.15, 0.2) is 65.1 Å². The molecular weight excluding hydrogens is 454 g/mol. The molecule has 0 atom stereocenters. The molecule has 0 spiro atoms. The summed E-state index contributed by atoms with van der Waals surface area (Å²) in [5, 5.41) is 8.12. The zero-order valence-corrected chi connectivity index (χ0v) is 19.8. The van der Waals surface area contributed by atoms with Crippen molar-refractivity contribution in [1.29, 1.82) is 0 Å². The Morgan fingerprint density at radius 2 is 1.85 bits per heavy atom. The fourth-order valence-electron chi connectivity index (χ4n) is 3.53. The zero-order chi connectivity index (χ0) is 24.2. The number of nitrogens with zero attached hydrogens (tertiary/aromatic N) is 2. The van der Waals surface area contributed by atoms with Crippen molar-refractivity contribution >= 4 is 29.0 Å². The smallest absolute Gasteiger partial charge is 0.291 e. The molecule has 0 radical (unpaired) electrons. The summed E-state index contributed by atoms with van der Waals surface area (Å²) in [6.07, 6.45) is 0. The molecule has 0 saturated heterocycles. The van der Waals surface area contributed by atoms with Gasteiger partial charge in [0.25, 0.3) is 5.91 Å². The van der Waals surface area contributed by atoms with Crippen LogP contribution in [0.2, 0.25) is 5.02 Å². The number of aryl methyl sites for hydroxylation is 1. The number of carbonyl (C=O) groups is 2. The van der Waals surface area contributed by atoms with Crippen LogP contribution in [0, 0.1) is 13.8 Å². The summed E-state index contributed by atoms with van der Waals surface area (Å²) in [6, 6.07) is 17.7. The molecule has 2 aromatic heterocycles. The molecule has 2 heterocycles. The molecule has 0 aliphatic heterocycles. The second kappa shape index (κ2) is 9.97. The van der Waals surface area contributed by atoms with Crippen molar-refractivity contribution in [3.8, 4) is 5.75 Å². The van der Waals surface area contributed by atoms with E-state index in [2.05, 4.69) is 10.4 Å². The first-order valence-corrected chi connectivity index (χ1v) is 11.1. The number of benzene rings is 2. The predicted octanol–water partition coefficient (Wildman–Crippen LogP) is 5.83. The van der Waals surface area contributed by atoms with E-state index in [1.807, 2.05) is 42.8 Å². The minimum Gasteiger partial charge on any atom is -0.486 e. The van der Waals surface area contributed by atoms with Gasteiger partial charge < -0.3 is 14.5 Å². The molecule has 2 aromatic carbocycles. The maximum atomic E-state index is 12.8. The third-order valence-electron chi connectivity index (χ3n) is 5.37. The van der Waals surface area contributed by atoms with Gasteiger partial charge in [0.05, 0.1) is 23.6 Å². The molecule has 4 aromatic rings. The van der Waals surface area contributed by atoms with E-state index >= 15 is 0 Å². The van der Waals surface area contributed by atoms with Gasteiger partial charge in [0.2, 0.25) is 0 Å². The van der Waals surface area contributed by atoms with Gasteiger partial charge in [-0.25, -0.2) is 0 Å². The summed E-state index contributed by atoms with van der Waals surface area (Å²) in [5.41, 5.74) is 3.81. The molecule has 34 heavy (non-hydrogen) atoms. The van der Waals surface area contributed by atoms with E-state index in [-0.39, 0.29) is 24.1 Å². The summed E-state index contributed by atoms with van der Waals surface area (Å²) in [5.74, 6) is 0.905. The number of aromatic nitrogens is 2. The number of Topliss-reactive ketones (excluding diaryl/α,β-unsaturated/α-hetero) is 1. The normalized spacial score (nSPS) is 10.8. The number of amides is 1. The highest BCUT2D eigenvalue weighted by atomic mass is 35.5. The first-order valence-electron chi connectivity index (χ1n) is 10.7. The number of ketones is 1. The Labute approximate surface area is 202 Å². The fourth-order valence-corrected chi connectivity index (χ4v) is 3.75. The molecule has 0 bridgehead atoms. The van der Waals surface area contributed by atoms with E-state index in [1.165, 1.54) is 6.92 Å². The van der Waals surface area contributed by atoms with Gasteiger partial charge in [0, 0.05) is 10.6 Å². The Balaban J connectivity index is 1.39. The number of halogens is 1.